The Hall–Kier alpha value is -0.340. The highest BCUT2D eigenvalue weighted by molar-refractivity contribution is 8.18. The first-order chi connectivity index (χ1) is 8.70. The Morgan fingerprint density at radius 3 is 2.56 bits per heavy atom. The number of benzene rings is 1. The van der Waals surface area contributed by atoms with Crippen molar-refractivity contribution >= 4 is 29.1 Å². The van der Waals surface area contributed by atoms with Gasteiger partial charge in [-0.25, -0.2) is 0 Å². The molecule has 0 spiro atoms. The summed E-state index contributed by atoms with van der Waals surface area (Å²) in [6.07, 6.45) is 6.25. The van der Waals surface area contributed by atoms with E-state index in [0.29, 0.717) is 4.08 Å². The molecule has 0 unspecified atom stereocenters. The third-order valence-corrected chi connectivity index (χ3v) is 6.70. The topological polar surface area (TPSA) is 0 Å². The van der Waals surface area contributed by atoms with Gasteiger partial charge in [0, 0.05) is 0 Å². The first-order valence-electron chi connectivity index (χ1n) is 6.70. The van der Waals surface area contributed by atoms with Crippen molar-refractivity contribution in [2.24, 2.45) is 0 Å². The Balaban J connectivity index is 1.87. The molecule has 0 aliphatic carbocycles. The zero-order valence-corrected chi connectivity index (χ0v) is 12.9. The Labute approximate surface area is 120 Å². The summed E-state index contributed by atoms with van der Waals surface area (Å²) in [5.41, 5.74) is 2.76. The molecular formula is C16H22S2. The highest BCUT2D eigenvalue weighted by atomic mass is 32.2. The molecule has 0 radical (unpaired) electrons. The standard InChI is InChI=1S/C16H22S2/c1-14(15-9-4-3-5-10-15)8-6-11-16(2)17-12-7-13-18-16/h3-5,8-10H,6-7,11-13H2,1-2H3/b14-8+. The van der Waals surface area contributed by atoms with Crippen LogP contribution in [-0.4, -0.2) is 15.6 Å². The number of thioether (sulfide) groups is 2. The molecule has 0 saturated carbocycles. The second-order valence-corrected chi connectivity index (χ2v) is 8.43. The summed E-state index contributed by atoms with van der Waals surface area (Å²) in [5.74, 6) is 2.68. The van der Waals surface area contributed by atoms with Gasteiger partial charge >= 0.3 is 0 Å². The Kier molecular flexibility index (Phi) is 5.25. The second-order valence-electron chi connectivity index (χ2n) is 4.98. The lowest BCUT2D eigenvalue weighted by atomic mass is 10.1. The Bertz CT molecular complexity index is 389. The summed E-state index contributed by atoms with van der Waals surface area (Å²) in [5, 5.41) is 0. The van der Waals surface area contributed by atoms with Crippen LogP contribution in [0.15, 0.2) is 36.4 Å². The van der Waals surface area contributed by atoms with E-state index < -0.39 is 0 Å². The highest BCUT2D eigenvalue weighted by Crippen LogP contribution is 2.45. The molecule has 98 valence electrons. The van der Waals surface area contributed by atoms with Crippen LogP contribution in [0.4, 0.5) is 0 Å². The van der Waals surface area contributed by atoms with Crippen LogP contribution in [0, 0.1) is 0 Å². The van der Waals surface area contributed by atoms with E-state index in [1.165, 1.54) is 41.9 Å². The van der Waals surface area contributed by atoms with Crippen molar-refractivity contribution in [2.75, 3.05) is 11.5 Å². The van der Waals surface area contributed by atoms with E-state index in [0.717, 1.165) is 0 Å². The van der Waals surface area contributed by atoms with Gasteiger partial charge in [0.2, 0.25) is 0 Å². The molecule has 0 amide bonds. The average molecular weight is 278 g/mol. The van der Waals surface area contributed by atoms with Crippen LogP contribution in [0.3, 0.4) is 0 Å². The number of hydrogen-bond donors (Lipinski definition) is 0. The van der Waals surface area contributed by atoms with Crippen LogP contribution in [0.25, 0.3) is 5.57 Å². The van der Waals surface area contributed by atoms with E-state index in [1.807, 2.05) is 0 Å². The van der Waals surface area contributed by atoms with Gasteiger partial charge in [0.05, 0.1) is 4.08 Å². The summed E-state index contributed by atoms with van der Waals surface area (Å²) < 4.78 is 0.450. The minimum absolute atomic E-state index is 0.450. The van der Waals surface area contributed by atoms with Crippen LogP contribution in [0.2, 0.25) is 0 Å². The van der Waals surface area contributed by atoms with Crippen molar-refractivity contribution in [3.05, 3.63) is 42.0 Å². The molecule has 0 bridgehead atoms. The fourth-order valence-corrected chi connectivity index (χ4v) is 5.17. The summed E-state index contributed by atoms with van der Waals surface area (Å²) in [6, 6.07) is 10.7. The maximum absolute atomic E-state index is 2.41. The summed E-state index contributed by atoms with van der Waals surface area (Å²) in [6.45, 7) is 4.63. The van der Waals surface area contributed by atoms with Crippen molar-refractivity contribution in [3.63, 3.8) is 0 Å². The third-order valence-electron chi connectivity index (χ3n) is 3.38. The van der Waals surface area contributed by atoms with Crippen LogP contribution in [-0.2, 0) is 0 Å². The van der Waals surface area contributed by atoms with Crippen molar-refractivity contribution in [1.82, 2.24) is 0 Å². The van der Waals surface area contributed by atoms with Gasteiger partial charge in [-0.3, -0.25) is 0 Å². The number of hydrogen-bond acceptors (Lipinski definition) is 2. The van der Waals surface area contributed by atoms with Gasteiger partial charge in [-0.05, 0) is 55.8 Å². The lowest BCUT2D eigenvalue weighted by Gasteiger charge is -2.32. The molecule has 0 atom stereocenters. The molecule has 1 aromatic carbocycles. The largest absolute Gasteiger partial charge is 0.144 e. The molecule has 1 fully saturated rings. The smallest absolute Gasteiger partial charge is 0.0586 e. The van der Waals surface area contributed by atoms with Crippen molar-refractivity contribution in [3.8, 4) is 0 Å². The maximum atomic E-state index is 2.41. The highest BCUT2D eigenvalue weighted by Gasteiger charge is 2.27. The molecule has 2 heteroatoms. The van der Waals surface area contributed by atoms with Crippen molar-refractivity contribution in [2.45, 2.75) is 37.2 Å². The number of rotatable bonds is 4. The predicted molar refractivity (Wildman–Crippen MR) is 87.3 cm³/mol. The van der Waals surface area contributed by atoms with E-state index in [4.69, 9.17) is 0 Å². The normalized spacial score (nSPS) is 19.8. The fourth-order valence-electron chi connectivity index (χ4n) is 2.19. The van der Waals surface area contributed by atoms with E-state index in [-0.39, 0.29) is 0 Å². The molecule has 0 N–H and O–H groups in total. The summed E-state index contributed by atoms with van der Waals surface area (Å²) >= 11 is 4.29. The van der Waals surface area contributed by atoms with Gasteiger partial charge < -0.3 is 0 Å². The Morgan fingerprint density at radius 1 is 1.22 bits per heavy atom. The minimum atomic E-state index is 0.450. The second kappa shape index (κ2) is 6.72. The first-order valence-corrected chi connectivity index (χ1v) is 8.67. The van der Waals surface area contributed by atoms with Crippen LogP contribution >= 0.6 is 23.5 Å². The molecule has 2 rings (SSSR count). The van der Waals surface area contributed by atoms with Gasteiger partial charge in [-0.15, -0.1) is 23.5 Å². The Morgan fingerprint density at radius 2 is 1.89 bits per heavy atom. The van der Waals surface area contributed by atoms with E-state index in [1.54, 1.807) is 0 Å². The number of allylic oxidation sites excluding steroid dienone is 2. The van der Waals surface area contributed by atoms with E-state index in [2.05, 4.69) is 73.8 Å². The average Bonchev–Trinajstić information content (AvgIpc) is 2.40. The monoisotopic (exact) mass is 278 g/mol. The van der Waals surface area contributed by atoms with E-state index in [9.17, 15) is 0 Å². The summed E-state index contributed by atoms with van der Waals surface area (Å²) in [4.78, 5) is 0. The lowest BCUT2D eigenvalue weighted by Crippen LogP contribution is -2.20. The molecular weight excluding hydrogens is 256 g/mol. The van der Waals surface area contributed by atoms with Gasteiger partial charge in [-0.2, -0.15) is 0 Å². The lowest BCUT2D eigenvalue weighted by molar-refractivity contribution is 0.775. The third kappa shape index (κ3) is 4.10. The predicted octanol–water partition coefficient (Wildman–Crippen LogP) is 5.46. The van der Waals surface area contributed by atoms with Gasteiger partial charge in [0.25, 0.3) is 0 Å². The van der Waals surface area contributed by atoms with Crippen LogP contribution in [0.1, 0.15) is 38.7 Å². The minimum Gasteiger partial charge on any atom is -0.144 e. The van der Waals surface area contributed by atoms with Crippen LogP contribution < -0.4 is 0 Å². The summed E-state index contributed by atoms with van der Waals surface area (Å²) in [7, 11) is 0. The zero-order chi connectivity index (χ0) is 12.8. The van der Waals surface area contributed by atoms with Crippen LogP contribution in [0.5, 0.6) is 0 Å². The maximum Gasteiger partial charge on any atom is 0.0586 e. The SMILES string of the molecule is C/C(=C\CCC1(C)SCCCS1)c1ccccc1. The molecule has 1 aromatic rings. The molecule has 1 aliphatic heterocycles. The van der Waals surface area contributed by atoms with E-state index >= 15 is 0 Å². The molecule has 0 nitrogen and oxygen atoms in total. The van der Waals surface area contributed by atoms with Crippen molar-refractivity contribution in [1.29, 1.82) is 0 Å². The quantitative estimate of drug-likeness (QED) is 0.717. The molecule has 1 saturated heterocycles. The van der Waals surface area contributed by atoms with Gasteiger partial charge in [0.15, 0.2) is 0 Å². The fraction of sp³-hybridized carbons (Fsp3) is 0.500. The molecule has 1 aliphatic rings. The van der Waals surface area contributed by atoms with Gasteiger partial charge in [-0.1, -0.05) is 36.4 Å². The van der Waals surface area contributed by atoms with Gasteiger partial charge in [0.1, 0.15) is 0 Å². The molecule has 1 heterocycles. The molecule has 18 heavy (non-hydrogen) atoms. The zero-order valence-electron chi connectivity index (χ0n) is 11.3. The van der Waals surface area contributed by atoms with Crippen molar-refractivity contribution < 1.29 is 0 Å². The molecule has 0 aromatic heterocycles. The first kappa shape index (κ1) is 14.1.